The molecule has 4 fully saturated rings. The molecule has 2 saturated carbocycles. The van der Waals surface area contributed by atoms with Gasteiger partial charge >= 0.3 is 0 Å². The summed E-state index contributed by atoms with van der Waals surface area (Å²) >= 11 is 0. The van der Waals surface area contributed by atoms with Crippen molar-refractivity contribution in [3.63, 3.8) is 0 Å². The first-order valence-corrected chi connectivity index (χ1v) is 9.08. The highest BCUT2D eigenvalue weighted by Crippen LogP contribution is 2.93. The van der Waals surface area contributed by atoms with Crippen LogP contribution in [0.3, 0.4) is 0 Å². The van der Waals surface area contributed by atoms with Crippen molar-refractivity contribution in [2.75, 3.05) is 39.4 Å². The number of hydrogen-bond acceptors (Lipinski definition) is 3. The van der Waals surface area contributed by atoms with E-state index in [0.29, 0.717) is 30.0 Å². The average molecular weight is 306 g/mol. The number of carbonyl (C=O) groups excluding carboxylic acids is 1. The molecule has 0 radical (unpaired) electrons. The fraction of sp³-hybridized carbons (Fsp3) is 0.944. The third-order valence-electron chi connectivity index (χ3n) is 7.13. The summed E-state index contributed by atoms with van der Waals surface area (Å²) in [6, 6.07) is 0. The van der Waals surface area contributed by atoms with Crippen molar-refractivity contribution in [1.82, 2.24) is 10.2 Å². The lowest BCUT2D eigenvalue weighted by molar-refractivity contribution is -0.141. The Labute approximate surface area is 134 Å². The van der Waals surface area contributed by atoms with Gasteiger partial charge in [-0.15, -0.1) is 0 Å². The van der Waals surface area contributed by atoms with Crippen molar-refractivity contribution < 1.29 is 9.53 Å². The normalized spacial score (nSPS) is 46.7. The van der Waals surface area contributed by atoms with Crippen LogP contribution in [0.2, 0.25) is 0 Å². The number of fused-ring (bicyclic) bond motifs is 3. The van der Waals surface area contributed by atoms with Gasteiger partial charge in [-0.2, -0.15) is 0 Å². The molecule has 124 valence electrons. The summed E-state index contributed by atoms with van der Waals surface area (Å²) in [5, 5.41) is 3.59. The fourth-order valence-electron chi connectivity index (χ4n) is 5.90. The monoisotopic (exact) mass is 306 g/mol. The standard InChI is InChI=1S/C18H30N2O2/c1-12(2)8-14-15-17(14,3)18(15)9-13(10-19-11-18)16(21)20-4-6-22-7-5-20/h12-15,19H,4-11H2,1-3H3/t13-,14?,15?,17?,18-/m1/s1. The van der Waals surface area contributed by atoms with Gasteiger partial charge in [0.1, 0.15) is 0 Å². The molecule has 1 N–H and O–H groups in total. The molecule has 2 heterocycles. The van der Waals surface area contributed by atoms with Crippen LogP contribution in [0.1, 0.15) is 33.6 Å². The maximum Gasteiger partial charge on any atom is 0.227 e. The fourth-order valence-corrected chi connectivity index (χ4v) is 5.90. The molecule has 0 aromatic heterocycles. The molecular weight excluding hydrogens is 276 g/mol. The van der Waals surface area contributed by atoms with E-state index in [1.807, 2.05) is 4.90 Å². The first-order chi connectivity index (χ1) is 10.5. The van der Waals surface area contributed by atoms with Gasteiger partial charge in [-0.05, 0) is 41.4 Å². The van der Waals surface area contributed by atoms with Crippen LogP contribution in [0, 0.1) is 34.5 Å². The Morgan fingerprint density at radius 1 is 1.36 bits per heavy atom. The molecule has 0 aromatic rings. The van der Waals surface area contributed by atoms with Gasteiger partial charge in [-0.1, -0.05) is 20.8 Å². The molecule has 0 aromatic carbocycles. The van der Waals surface area contributed by atoms with Crippen LogP contribution in [0.4, 0.5) is 0 Å². The van der Waals surface area contributed by atoms with Crippen LogP contribution in [-0.2, 0) is 9.53 Å². The zero-order chi connectivity index (χ0) is 15.5. The van der Waals surface area contributed by atoms with Crippen LogP contribution in [-0.4, -0.2) is 50.2 Å². The van der Waals surface area contributed by atoms with E-state index < -0.39 is 0 Å². The quantitative estimate of drug-likeness (QED) is 0.864. The first kappa shape index (κ1) is 14.9. The van der Waals surface area contributed by atoms with E-state index in [1.54, 1.807) is 0 Å². The van der Waals surface area contributed by atoms with Gasteiger partial charge in [-0.3, -0.25) is 4.79 Å². The summed E-state index contributed by atoms with van der Waals surface area (Å²) in [6.07, 6.45) is 2.48. The molecule has 3 unspecified atom stereocenters. The summed E-state index contributed by atoms with van der Waals surface area (Å²) in [6.45, 7) is 12.1. The number of piperidine rings is 1. The van der Waals surface area contributed by atoms with Gasteiger partial charge < -0.3 is 15.0 Å². The zero-order valence-electron chi connectivity index (χ0n) is 14.2. The van der Waals surface area contributed by atoms with Crippen molar-refractivity contribution in [3.8, 4) is 0 Å². The van der Waals surface area contributed by atoms with E-state index in [-0.39, 0.29) is 5.92 Å². The molecule has 4 heteroatoms. The lowest BCUT2D eigenvalue weighted by atomic mass is 9.71. The van der Waals surface area contributed by atoms with Crippen molar-refractivity contribution in [2.45, 2.75) is 33.6 Å². The van der Waals surface area contributed by atoms with Gasteiger partial charge in [0.25, 0.3) is 0 Å². The molecule has 4 nitrogen and oxygen atoms in total. The molecule has 5 atom stereocenters. The highest BCUT2D eigenvalue weighted by Gasteiger charge is 2.91. The minimum atomic E-state index is 0.191. The number of morpholine rings is 1. The number of rotatable bonds is 3. The van der Waals surface area contributed by atoms with Crippen molar-refractivity contribution >= 4 is 5.91 Å². The third kappa shape index (κ3) is 1.92. The van der Waals surface area contributed by atoms with Crippen LogP contribution in [0.5, 0.6) is 0 Å². The lowest BCUT2D eigenvalue weighted by Crippen LogP contribution is -2.51. The number of carbonyl (C=O) groups is 1. The van der Waals surface area contributed by atoms with E-state index in [9.17, 15) is 4.79 Å². The number of ether oxygens (including phenoxy) is 1. The van der Waals surface area contributed by atoms with Gasteiger partial charge in [0.2, 0.25) is 5.91 Å². The molecule has 22 heavy (non-hydrogen) atoms. The maximum absolute atomic E-state index is 12.8. The predicted molar refractivity (Wildman–Crippen MR) is 85.4 cm³/mol. The SMILES string of the molecule is CC(C)CC1C2C1(C)[C@]21CNC[C@H](C(=O)N2CCOCC2)C1. The molecule has 4 aliphatic rings. The summed E-state index contributed by atoms with van der Waals surface area (Å²) in [7, 11) is 0. The largest absolute Gasteiger partial charge is 0.378 e. The number of hydrogen-bond donors (Lipinski definition) is 1. The first-order valence-electron chi connectivity index (χ1n) is 9.08. The van der Waals surface area contributed by atoms with Crippen LogP contribution in [0.25, 0.3) is 0 Å². The van der Waals surface area contributed by atoms with Crippen molar-refractivity contribution in [1.29, 1.82) is 0 Å². The Bertz CT molecular complexity index is 474. The average Bonchev–Trinajstić information content (AvgIpc) is 3.31. The highest BCUT2D eigenvalue weighted by atomic mass is 16.5. The molecule has 2 aliphatic heterocycles. The molecule has 0 bridgehead atoms. The Morgan fingerprint density at radius 3 is 2.68 bits per heavy atom. The Hall–Kier alpha value is -0.610. The van der Waals surface area contributed by atoms with E-state index >= 15 is 0 Å². The zero-order valence-corrected chi connectivity index (χ0v) is 14.2. The molecule has 2 aliphatic carbocycles. The van der Waals surface area contributed by atoms with Crippen LogP contribution < -0.4 is 5.32 Å². The number of nitrogens with zero attached hydrogens (tertiary/aromatic N) is 1. The van der Waals surface area contributed by atoms with E-state index in [1.165, 1.54) is 6.42 Å². The van der Waals surface area contributed by atoms with E-state index in [0.717, 1.165) is 50.4 Å². The molecule has 1 spiro atoms. The van der Waals surface area contributed by atoms with E-state index in [2.05, 4.69) is 26.1 Å². The van der Waals surface area contributed by atoms with Crippen LogP contribution >= 0.6 is 0 Å². The molecule has 4 rings (SSSR count). The third-order valence-corrected chi connectivity index (χ3v) is 7.13. The molecule has 2 saturated heterocycles. The second-order valence-corrected chi connectivity index (χ2v) is 8.62. The topological polar surface area (TPSA) is 41.6 Å². The Morgan fingerprint density at radius 2 is 2.05 bits per heavy atom. The Balaban J connectivity index is 1.39. The second-order valence-electron chi connectivity index (χ2n) is 8.62. The van der Waals surface area contributed by atoms with Gasteiger partial charge in [0, 0.05) is 26.2 Å². The minimum absolute atomic E-state index is 0.191. The summed E-state index contributed by atoms with van der Waals surface area (Å²) in [5.41, 5.74) is 0.978. The second kappa shape index (κ2) is 4.94. The molecular formula is C18H30N2O2. The molecule has 1 amide bonds. The number of nitrogens with one attached hydrogen (secondary N) is 1. The highest BCUT2D eigenvalue weighted by molar-refractivity contribution is 5.79. The summed E-state index contributed by atoms with van der Waals surface area (Å²) in [5.74, 6) is 3.16. The minimum Gasteiger partial charge on any atom is -0.378 e. The lowest BCUT2D eigenvalue weighted by Gasteiger charge is -2.40. The van der Waals surface area contributed by atoms with Gasteiger partial charge in [0.15, 0.2) is 0 Å². The maximum atomic E-state index is 12.8. The van der Waals surface area contributed by atoms with E-state index in [4.69, 9.17) is 4.74 Å². The Kier molecular flexibility index (Phi) is 3.36. The van der Waals surface area contributed by atoms with Crippen molar-refractivity contribution in [2.24, 2.45) is 34.5 Å². The van der Waals surface area contributed by atoms with Crippen molar-refractivity contribution in [3.05, 3.63) is 0 Å². The van der Waals surface area contributed by atoms with Crippen LogP contribution in [0.15, 0.2) is 0 Å². The van der Waals surface area contributed by atoms with Gasteiger partial charge in [0.05, 0.1) is 19.1 Å². The predicted octanol–water partition coefficient (Wildman–Crippen LogP) is 1.75. The van der Waals surface area contributed by atoms with Gasteiger partial charge in [-0.25, -0.2) is 0 Å². The smallest absolute Gasteiger partial charge is 0.227 e. The summed E-state index contributed by atoms with van der Waals surface area (Å²) in [4.78, 5) is 14.8. The number of amides is 1. The summed E-state index contributed by atoms with van der Waals surface area (Å²) < 4.78 is 5.37.